The van der Waals surface area contributed by atoms with Crippen molar-refractivity contribution in [2.75, 3.05) is 0 Å². The number of carbonyl (C=O) groups excluding carboxylic acids is 1. The van der Waals surface area contributed by atoms with E-state index >= 15 is 0 Å². The van der Waals surface area contributed by atoms with Crippen molar-refractivity contribution in [1.82, 2.24) is 0 Å². The second kappa shape index (κ2) is 3.95. The number of fused-ring (bicyclic) bond motifs is 2. The van der Waals surface area contributed by atoms with Crippen molar-refractivity contribution in [3.8, 4) is 0 Å². The molecule has 3 nitrogen and oxygen atoms in total. The number of allylic oxidation sites excluding steroid dienone is 1. The molecule has 0 aromatic rings. The van der Waals surface area contributed by atoms with Crippen molar-refractivity contribution in [2.24, 2.45) is 5.92 Å². The van der Waals surface area contributed by atoms with E-state index in [1.807, 2.05) is 0 Å². The zero-order valence-corrected chi connectivity index (χ0v) is 11.1. The number of ether oxygens (including phenoxy) is 2. The Balaban J connectivity index is 1.85. The SMILES string of the molecule is C=C1C(=O)O[C@@H]2/C=C(\C)CC[C@H]3O[C@]3(C)CC[C@@H]12. The van der Waals surface area contributed by atoms with Crippen LogP contribution < -0.4 is 0 Å². The maximum atomic E-state index is 11.6. The van der Waals surface area contributed by atoms with Gasteiger partial charge in [0, 0.05) is 11.5 Å². The van der Waals surface area contributed by atoms with E-state index in [9.17, 15) is 4.79 Å². The highest BCUT2D eigenvalue weighted by atomic mass is 16.6. The molecule has 0 aromatic heterocycles. The first-order chi connectivity index (χ1) is 8.49. The van der Waals surface area contributed by atoms with Crippen molar-refractivity contribution in [1.29, 1.82) is 0 Å². The largest absolute Gasteiger partial charge is 0.454 e. The monoisotopic (exact) mass is 248 g/mol. The molecule has 1 aliphatic carbocycles. The van der Waals surface area contributed by atoms with Crippen molar-refractivity contribution < 1.29 is 14.3 Å². The second-order valence-corrected chi connectivity index (χ2v) is 6.01. The van der Waals surface area contributed by atoms with Gasteiger partial charge in [0.1, 0.15) is 6.10 Å². The van der Waals surface area contributed by atoms with Crippen LogP contribution in [0.5, 0.6) is 0 Å². The van der Waals surface area contributed by atoms with E-state index in [4.69, 9.17) is 9.47 Å². The summed E-state index contributed by atoms with van der Waals surface area (Å²) in [6, 6.07) is 0. The lowest BCUT2D eigenvalue weighted by molar-refractivity contribution is -0.137. The minimum absolute atomic E-state index is 0.0219. The van der Waals surface area contributed by atoms with Crippen LogP contribution in [0.2, 0.25) is 0 Å². The molecule has 0 amide bonds. The van der Waals surface area contributed by atoms with E-state index in [1.54, 1.807) is 0 Å². The van der Waals surface area contributed by atoms with Crippen molar-refractivity contribution in [3.63, 3.8) is 0 Å². The van der Waals surface area contributed by atoms with Crippen LogP contribution >= 0.6 is 0 Å². The number of epoxide rings is 1. The van der Waals surface area contributed by atoms with Crippen molar-refractivity contribution in [2.45, 2.75) is 57.3 Å². The topological polar surface area (TPSA) is 38.8 Å². The average Bonchev–Trinajstić information content (AvgIpc) is 2.89. The zero-order chi connectivity index (χ0) is 12.9. The smallest absolute Gasteiger partial charge is 0.334 e. The summed E-state index contributed by atoms with van der Waals surface area (Å²) in [6.45, 7) is 8.17. The van der Waals surface area contributed by atoms with Gasteiger partial charge in [0.15, 0.2) is 0 Å². The highest BCUT2D eigenvalue weighted by Gasteiger charge is 2.52. The molecule has 0 unspecified atom stereocenters. The summed E-state index contributed by atoms with van der Waals surface area (Å²) in [7, 11) is 0. The first-order valence-corrected chi connectivity index (χ1v) is 6.74. The minimum atomic E-state index is -0.230. The standard InChI is InChI=1S/C15H20O3/c1-9-4-5-13-15(3,18-13)7-6-11-10(2)14(16)17-12(11)8-9/h8,11-13H,2,4-7H2,1,3H3/b9-8+/t11-,12+,13+,15+/m0/s1. The molecule has 3 rings (SSSR count). The van der Waals surface area contributed by atoms with E-state index < -0.39 is 0 Å². The normalized spacial score (nSPS) is 46.6. The number of rotatable bonds is 0. The van der Waals surface area contributed by atoms with Gasteiger partial charge in [-0.3, -0.25) is 0 Å². The van der Waals surface area contributed by atoms with E-state index in [2.05, 4.69) is 26.5 Å². The summed E-state index contributed by atoms with van der Waals surface area (Å²) in [4.78, 5) is 11.6. The summed E-state index contributed by atoms with van der Waals surface area (Å²) >= 11 is 0. The van der Waals surface area contributed by atoms with Crippen LogP contribution in [0.25, 0.3) is 0 Å². The third-order valence-corrected chi connectivity index (χ3v) is 4.59. The first kappa shape index (κ1) is 12.0. The quantitative estimate of drug-likeness (QED) is 0.286. The van der Waals surface area contributed by atoms with Gasteiger partial charge in [-0.25, -0.2) is 4.79 Å². The molecular weight excluding hydrogens is 228 g/mol. The molecular formula is C15H20O3. The molecule has 2 aliphatic heterocycles. The van der Waals surface area contributed by atoms with Crippen molar-refractivity contribution in [3.05, 3.63) is 23.8 Å². The van der Waals surface area contributed by atoms with Crippen LogP contribution in [-0.4, -0.2) is 23.8 Å². The molecule has 18 heavy (non-hydrogen) atoms. The minimum Gasteiger partial charge on any atom is -0.454 e. The maximum Gasteiger partial charge on any atom is 0.334 e. The average molecular weight is 248 g/mol. The van der Waals surface area contributed by atoms with Crippen LogP contribution in [0.1, 0.15) is 39.5 Å². The molecule has 0 bridgehead atoms. The lowest BCUT2D eigenvalue weighted by Gasteiger charge is -2.18. The van der Waals surface area contributed by atoms with Gasteiger partial charge in [0.05, 0.1) is 11.7 Å². The number of hydrogen-bond acceptors (Lipinski definition) is 3. The Labute approximate surface area is 108 Å². The Morgan fingerprint density at radius 1 is 1.44 bits per heavy atom. The third-order valence-electron chi connectivity index (χ3n) is 4.59. The lowest BCUT2D eigenvalue weighted by Crippen LogP contribution is -2.20. The van der Waals surface area contributed by atoms with Gasteiger partial charge in [0.2, 0.25) is 0 Å². The molecule has 3 aliphatic rings. The molecule has 2 saturated heterocycles. The Bertz CT molecular complexity index is 437. The molecule has 0 aromatic carbocycles. The summed E-state index contributed by atoms with van der Waals surface area (Å²) in [6.07, 6.45) is 6.39. The van der Waals surface area contributed by atoms with Gasteiger partial charge in [-0.15, -0.1) is 0 Å². The van der Waals surface area contributed by atoms with E-state index in [1.165, 1.54) is 5.57 Å². The van der Waals surface area contributed by atoms with Crippen LogP contribution in [0.4, 0.5) is 0 Å². The number of carbonyl (C=O) groups is 1. The van der Waals surface area contributed by atoms with Crippen LogP contribution in [0, 0.1) is 5.92 Å². The molecule has 0 saturated carbocycles. The van der Waals surface area contributed by atoms with Crippen LogP contribution in [0.15, 0.2) is 23.8 Å². The lowest BCUT2D eigenvalue weighted by atomic mass is 9.85. The predicted molar refractivity (Wildman–Crippen MR) is 68.0 cm³/mol. The van der Waals surface area contributed by atoms with Gasteiger partial charge in [0.25, 0.3) is 0 Å². The summed E-state index contributed by atoms with van der Waals surface area (Å²) in [5.41, 5.74) is 1.94. The maximum absolute atomic E-state index is 11.6. The first-order valence-electron chi connectivity index (χ1n) is 6.74. The molecule has 2 fully saturated rings. The molecule has 3 heteroatoms. The van der Waals surface area contributed by atoms with Gasteiger partial charge in [-0.2, -0.15) is 0 Å². The fraction of sp³-hybridized carbons (Fsp3) is 0.667. The third kappa shape index (κ3) is 1.91. The number of hydrogen-bond donors (Lipinski definition) is 0. The van der Waals surface area contributed by atoms with Gasteiger partial charge < -0.3 is 9.47 Å². The molecule has 0 spiro atoms. The van der Waals surface area contributed by atoms with Gasteiger partial charge in [-0.1, -0.05) is 12.2 Å². The van der Waals surface area contributed by atoms with Crippen LogP contribution in [-0.2, 0) is 14.3 Å². The highest BCUT2D eigenvalue weighted by molar-refractivity contribution is 5.91. The molecule has 0 radical (unpaired) electrons. The Hall–Kier alpha value is -1.09. The molecule has 98 valence electrons. The van der Waals surface area contributed by atoms with E-state index in [-0.39, 0.29) is 23.6 Å². The predicted octanol–water partition coefficient (Wildman–Crippen LogP) is 2.76. The Morgan fingerprint density at radius 2 is 2.22 bits per heavy atom. The summed E-state index contributed by atoms with van der Waals surface area (Å²) in [5, 5.41) is 0. The van der Waals surface area contributed by atoms with Gasteiger partial charge >= 0.3 is 5.97 Å². The molecule has 4 atom stereocenters. The fourth-order valence-electron chi connectivity index (χ4n) is 3.16. The van der Waals surface area contributed by atoms with Gasteiger partial charge in [-0.05, 0) is 45.6 Å². The van der Waals surface area contributed by atoms with E-state index in [0.29, 0.717) is 11.7 Å². The van der Waals surface area contributed by atoms with Crippen LogP contribution in [0.3, 0.4) is 0 Å². The molecule has 2 heterocycles. The molecule has 0 N–H and O–H groups in total. The zero-order valence-electron chi connectivity index (χ0n) is 11.1. The fourth-order valence-corrected chi connectivity index (χ4v) is 3.16. The van der Waals surface area contributed by atoms with E-state index in [0.717, 1.165) is 25.7 Å². The van der Waals surface area contributed by atoms with Crippen molar-refractivity contribution >= 4 is 5.97 Å². The highest BCUT2D eigenvalue weighted by Crippen LogP contribution is 2.46. The summed E-state index contributed by atoms with van der Waals surface area (Å²) in [5.74, 6) is -0.0982. The second-order valence-electron chi connectivity index (χ2n) is 6.01. The number of esters is 1. The Kier molecular flexibility index (Phi) is 2.63. The summed E-state index contributed by atoms with van der Waals surface area (Å²) < 4.78 is 11.2. The Morgan fingerprint density at radius 3 is 3.00 bits per heavy atom.